The second-order valence-corrected chi connectivity index (χ2v) is 7.36. The highest BCUT2D eigenvalue weighted by Crippen LogP contribution is 2.25. The normalized spacial score (nSPS) is 10.7. The van der Waals surface area contributed by atoms with E-state index in [-0.39, 0.29) is 5.91 Å². The largest absolute Gasteiger partial charge is 0.496 e. The highest BCUT2D eigenvalue weighted by Gasteiger charge is 2.13. The van der Waals surface area contributed by atoms with E-state index in [0.29, 0.717) is 24.5 Å². The van der Waals surface area contributed by atoms with Crippen molar-refractivity contribution < 1.29 is 14.3 Å². The number of rotatable bonds is 8. The number of hydrogen-bond acceptors (Lipinski definition) is 4. The minimum atomic E-state index is -0.144. The van der Waals surface area contributed by atoms with Crippen LogP contribution in [-0.4, -0.2) is 22.8 Å². The molecule has 1 amide bonds. The number of ether oxygens (including phenoxy) is 2. The van der Waals surface area contributed by atoms with Gasteiger partial charge in [-0.05, 0) is 63.1 Å². The van der Waals surface area contributed by atoms with E-state index in [2.05, 4.69) is 16.5 Å². The van der Waals surface area contributed by atoms with Crippen molar-refractivity contribution in [3.63, 3.8) is 0 Å². The molecule has 0 saturated heterocycles. The third-order valence-corrected chi connectivity index (χ3v) is 5.08. The van der Waals surface area contributed by atoms with Crippen LogP contribution < -0.4 is 14.8 Å². The van der Waals surface area contributed by atoms with Crippen molar-refractivity contribution in [2.75, 3.05) is 7.11 Å². The molecular formula is C24H29N3O3. The first-order valence-corrected chi connectivity index (χ1v) is 10.1. The molecule has 0 aliphatic rings. The number of carbonyl (C=O) groups excluding carboxylic acids is 1. The molecule has 3 rings (SSSR count). The highest BCUT2D eigenvalue weighted by molar-refractivity contribution is 5.94. The van der Waals surface area contributed by atoms with Gasteiger partial charge in [-0.25, -0.2) is 0 Å². The summed E-state index contributed by atoms with van der Waals surface area (Å²) in [5, 5.41) is 7.39. The van der Waals surface area contributed by atoms with Crippen molar-refractivity contribution in [3.8, 4) is 11.5 Å². The van der Waals surface area contributed by atoms with E-state index in [1.807, 2.05) is 56.8 Å². The maximum atomic E-state index is 12.7. The predicted octanol–water partition coefficient (Wildman–Crippen LogP) is 4.35. The van der Waals surface area contributed by atoms with E-state index in [1.165, 1.54) is 0 Å². The van der Waals surface area contributed by atoms with Crippen LogP contribution in [0.1, 0.15) is 45.2 Å². The summed E-state index contributed by atoms with van der Waals surface area (Å²) in [6, 6.07) is 11.5. The molecule has 6 nitrogen and oxygen atoms in total. The van der Waals surface area contributed by atoms with Crippen molar-refractivity contribution in [1.29, 1.82) is 0 Å². The van der Waals surface area contributed by atoms with Crippen molar-refractivity contribution >= 4 is 5.91 Å². The molecule has 1 N–H and O–H groups in total. The molecular weight excluding hydrogens is 378 g/mol. The lowest BCUT2D eigenvalue weighted by molar-refractivity contribution is 0.0950. The van der Waals surface area contributed by atoms with Gasteiger partial charge in [-0.2, -0.15) is 5.10 Å². The van der Waals surface area contributed by atoms with Crippen LogP contribution in [0.2, 0.25) is 0 Å². The summed E-state index contributed by atoms with van der Waals surface area (Å²) in [5.41, 5.74) is 5.53. The zero-order valence-electron chi connectivity index (χ0n) is 18.3. The molecule has 0 aliphatic carbocycles. The Labute approximate surface area is 177 Å². The lowest BCUT2D eigenvalue weighted by atomic mass is 10.1. The third-order valence-electron chi connectivity index (χ3n) is 5.08. The van der Waals surface area contributed by atoms with Gasteiger partial charge in [0, 0.05) is 36.0 Å². The lowest BCUT2D eigenvalue weighted by Crippen LogP contribution is -2.23. The van der Waals surface area contributed by atoms with Gasteiger partial charge in [-0.3, -0.25) is 9.48 Å². The molecule has 1 heterocycles. The number of carbonyl (C=O) groups is 1. The van der Waals surface area contributed by atoms with Gasteiger partial charge in [-0.15, -0.1) is 0 Å². The zero-order valence-corrected chi connectivity index (χ0v) is 18.3. The fraction of sp³-hybridized carbons (Fsp3) is 0.333. The van der Waals surface area contributed by atoms with E-state index in [9.17, 15) is 4.79 Å². The zero-order chi connectivity index (χ0) is 21.7. The van der Waals surface area contributed by atoms with E-state index in [0.717, 1.165) is 40.2 Å². The SMILES string of the molecule is CCn1cc(CNC(=O)c2ccc(OC)c(COc3cc(C)ccc3C)c2)c(C)n1. The fourth-order valence-electron chi connectivity index (χ4n) is 3.22. The van der Waals surface area contributed by atoms with E-state index in [1.54, 1.807) is 19.2 Å². The Kier molecular flexibility index (Phi) is 6.77. The van der Waals surface area contributed by atoms with Gasteiger partial charge in [0.15, 0.2) is 0 Å². The van der Waals surface area contributed by atoms with Crippen molar-refractivity contribution in [2.45, 2.75) is 47.4 Å². The standard InChI is InChI=1S/C24H29N3O3/c1-6-27-14-21(18(4)26-27)13-25-24(28)19-9-10-22(29-5)20(12-19)15-30-23-11-16(2)7-8-17(23)3/h7-12,14H,6,13,15H2,1-5H3,(H,25,28). The van der Waals surface area contributed by atoms with Gasteiger partial charge in [0.1, 0.15) is 18.1 Å². The Bertz CT molecular complexity index is 1040. The molecule has 0 aliphatic heterocycles. The van der Waals surface area contributed by atoms with E-state index >= 15 is 0 Å². The summed E-state index contributed by atoms with van der Waals surface area (Å²) >= 11 is 0. The van der Waals surface area contributed by atoms with E-state index in [4.69, 9.17) is 9.47 Å². The highest BCUT2D eigenvalue weighted by atomic mass is 16.5. The summed E-state index contributed by atoms with van der Waals surface area (Å²) in [4.78, 5) is 12.7. The van der Waals surface area contributed by atoms with Gasteiger partial charge in [0.05, 0.1) is 12.8 Å². The molecule has 0 atom stereocenters. The van der Waals surface area contributed by atoms with Gasteiger partial charge in [0.25, 0.3) is 5.91 Å². The maximum Gasteiger partial charge on any atom is 0.251 e. The summed E-state index contributed by atoms with van der Waals surface area (Å²) in [7, 11) is 1.62. The molecule has 0 spiro atoms. The Morgan fingerprint density at radius 2 is 1.87 bits per heavy atom. The Hall–Kier alpha value is -3.28. The maximum absolute atomic E-state index is 12.7. The number of aromatic nitrogens is 2. The Balaban J connectivity index is 1.71. The minimum Gasteiger partial charge on any atom is -0.496 e. The van der Waals surface area contributed by atoms with Crippen LogP contribution in [0.25, 0.3) is 0 Å². The Morgan fingerprint density at radius 3 is 2.57 bits per heavy atom. The third kappa shape index (κ3) is 5.00. The molecule has 0 saturated carbocycles. The number of methoxy groups -OCH3 is 1. The van der Waals surface area contributed by atoms with Gasteiger partial charge in [0.2, 0.25) is 0 Å². The minimum absolute atomic E-state index is 0.144. The summed E-state index contributed by atoms with van der Waals surface area (Å²) < 4.78 is 13.3. The molecule has 0 unspecified atom stereocenters. The number of aryl methyl sites for hydroxylation is 4. The number of hydrogen-bond donors (Lipinski definition) is 1. The Morgan fingerprint density at radius 1 is 1.07 bits per heavy atom. The molecule has 6 heteroatoms. The molecule has 0 radical (unpaired) electrons. The molecule has 2 aromatic carbocycles. The molecule has 1 aromatic heterocycles. The second-order valence-electron chi connectivity index (χ2n) is 7.36. The second kappa shape index (κ2) is 9.48. The number of amides is 1. The first-order valence-electron chi connectivity index (χ1n) is 10.1. The van der Waals surface area contributed by atoms with Crippen LogP contribution in [0.15, 0.2) is 42.6 Å². The molecule has 158 valence electrons. The number of benzene rings is 2. The lowest BCUT2D eigenvalue weighted by Gasteiger charge is -2.14. The fourth-order valence-corrected chi connectivity index (χ4v) is 3.22. The van der Waals surface area contributed by atoms with Crippen LogP contribution in [0.5, 0.6) is 11.5 Å². The molecule has 0 fully saturated rings. The van der Waals surface area contributed by atoms with Crippen LogP contribution in [0.3, 0.4) is 0 Å². The summed E-state index contributed by atoms with van der Waals surface area (Å²) in [6.07, 6.45) is 1.97. The number of nitrogens with one attached hydrogen (secondary N) is 1. The predicted molar refractivity (Wildman–Crippen MR) is 117 cm³/mol. The van der Waals surface area contributed by atoms with E-state index < -0.39 is 0 Å². The van der Waals surface area contributed by atoms with Crippen LogP contribution >= 0.6 is 0 Å². The average molecular weight is 408 g/mol. The van der Waals surface area contributed by atoms with Gasteiger partial charge < -0.3 is 14.8 Å². The smallest absolute Gasteiger partial charge is 0.251 e. The monoisotopic (exact) mass is 407 g/mol. The van der Waals surface area contributed by atoms with Crippen LogP contribution in [0, 0.1) is 20.8 Å². The molecule has 30 heavy (non-hydrogen) atoms. The number of nitrogens with zero attached hydrogens (tertiary/aromatic N) is 2. The van der Waals surface area contributed by atoms with Gasteiger partial charge in [-0.1, -0.05) is 12.1 Å². The molecule has 3 aromatic rings. The summed E-state index contributed by atoms with van der Waals surface area (Å²) in [5.74, 6) is 1.38. The first-order chi connectivity index (χ1) is 14.4. The van der Waals surface area contributed by atoms with Crippen molar-refractivity contribution in [3.05, 3.63) is 76.1 Å². The topological polar surface area (TPSA) is 65.4 Å². The van der Waals surface area contributed by atoms with Crippen molar-refractivity contribution in [1.82, 2.24) is 15.1 Å². The summed E-state index contributed by atoms with van der Waals surface area (Å²) in [6.45, 7) is 9.58. The first kappa shape index (κ1) is 21.4. The quantitative estimate of drug-likeness (QED) is 0.603. The molecule has 0 bridgehead atoms. The van der Waals surface area contributed by atoms with Crippen LogP contribution in [-0.2, 0) is 19.7 Å². The van der Waals surface area contributed by atoms with Gasteiger partial charge >= 0.3 is 0 Å². The van der Waals surface area contributed by atoms with Crippen molar-refractivity contribution in [2.24, 2.45) is 0 Å². The average Bonchev–Trinajstić information content (AvgIpc) is 3.12. The van der Waals surface area contributed by atoms with Crippen LogP contribution in [0.4, 0.5) is 0 Å².